The molecular weight excluding hydrogens is 428 g/mol. The van der Waals surface area contributed by atoms with Gasteiger partial charge in [-0.15, -0.1) is 0 Å². The van der Waals surface area contributed by atoms with E-state index in [-0.39, 0.29) is 0 Å². The molecule has 0 spiro atoms. The van der Waals surface area contributed by atoms with Gasteiger partial charge in [0.15, 0.2) is 11.5 Å². The maximum Gasteiger partial charge on any atom is 0.163 e. The van der Waals surface area contributed by atoms with Crippen LogP contribution in [0.2, 0.25) is 0 Å². The number of piperazine rings is 1. The molecule has 8 nitrogen and oxygen atoms in total. The standard InChI is InChI=1S/C26H32N6O2/c1-18-13-19-14-20(5-6-22(19)29-18)30-26-21-15-24(33-3)25(16-23(21)27-17-28-26)34-12-4-7-32-10-8-31(2)9-11-32/h5-6,13-17,29H,4,7-12H2,1-3H3,(H,27,28,30). The van der Waals surface area contributed by atoms with E-state index in [0.29, 0.717) is 18.1 Å². The van der Waals surface area contributed by atoms with Crippen molar-refractivity contribution in [1.29, 1.82) is 0 Å². The average Bonchev–Trinajstić information content (AvgIpc) is 3.22. The molecule has 4 aromatic rings. The number of nitrogens with zero attached hydrogens (tertiary/aromatic N) is 4. The smallest absolute Gasteiger partial charge is 0.163 e. The highest BCUT2D eigenvalue weighted by Gasteiger charge is 2.15. The molecule has 2 aromatic heterocycles. The molecule has 0 amide bonds. The molecule has 0 unspecified atom stereocenters. The molecule has 0 radical (unpaired) electrons. The minimum absolute atomic E-state index is 0.639. The molecule has 1 fully saturated rings. The molecule has 0 aliphatic carbocycles. The number of nitrogens with one attached hydrogen (secondary N) is 2. The van der Waals surface area contributed by atoms with Crippen LogP contribution in [0.15, 0.2) is 42.7 Å². The lowest BCUT2D eigenvalue weighted by Gasteiger charge is -2.32. The van der Waals surface area contributed by atoms with Gasteiger partial charge in [0.2, 0.25) is 0 Å². The van der Waals surface area contributed by atoms with Gasteiger partial charge in [-0.05, 0) is 50.7 Å². The first-order valence-corrected chi connectivity index (χ1v) is 11.8. The number of anilines is 2. The predicted molar refractivity (Wildman–Crippen MR) is 136 cm³/mol. The quantitative estimate of drug-likeness (QED) is 0.382. The van der Waals surface area contributed by atoms with Gasteiger partial charge in [-0.1, -0.05) is 0 Å². The van der Waals surface area contributed by atoms with Gasteiger partial charge < -0.3 is 29.6 Å². The van der Waals surface area contributed by atoms with Crippen LogP contribution < -0.4 is 14.8 Å². The van der Waals surface area contributed by atoms with E-state index >= 15 is 0 Å². The van der Waals surface area contributed by atoms with Crippen LogP contribution in [0, 0.1) is 6.92 Å². The van der Waals surface area contributed by atoms with Crippen molar-refractivity contribution in [3.63, 3.8) is 0 Å². The van der Waals surface area contributed by atoms with Crippen molar-refractivity contribution in [3.8, 4) is 11.5 Å². The van der Waals surface area contributed by atoms with Crippen LogP contribution >= 0.6 is 0 Å². The molecule has 1 aliphatic rings. The zero-order valence-electron chi connectivity index (χ0n) is 20.1. The largest absolute Gasteiger partial charge is 0.493 e. The first kappa shape index (κ1) is 22.4. The van der Waals surface area contributed by atoms with E-state index in [0.717, 1.165) is 78.1 Å². The maximum absolute atomic E-state index is 6.11. The number of fused-ring (bicyclic) bond motifs is 2. The predicted octanol–water partition coefficient (Wildman–Crippen LogP) is 4.19. The monoisotopic (exact) mass is 460 g/mol. The number of rotatable bonds is 8. The molecular formula is C26H32N6O2. The summed E-state index contributed by atoms with van der Waals surface area (Å²) >= 11 is 0. The summed E-state index contributed by atoms with van der Waals surface area (Å²) in [7, 11) is 3.84. The number of H-pyrrole nitrogens is 1. The number of likely N-dealkylation sites (N-methyl/N-ethyl adjacent to an activating group) is 1. The van der Waals surface area contributed by atoms with Crippen molar-refractivity contribution in [2.45, 2.75) is 13.3 Å². The van der Waals surface area contributed by atoms with Crippen LogP contribution in [0.3, 0.4) is 0 Å². The third-order valence-electron chi connectivity index (χ3n) is 6.41. The number of benzene rings is 2. The Morgan fingerprint density at radius 1 is 1.03 bits per heavy atom. The van der Waals surface area contributed by atoms with Gasteiger partial charge in [0.1, 0.15) is 12.1 Å². The van der Waals surface area contributed by atoms with Crippen molar-refractivity contribution in [1.82, 2.24) is 24.8 Å². The van der Waals surface area contributed by atoms with E-state index in [2.05, 4.69) is 62.2 Å². The molecule has 5 rings (SSSR count). The summed E-state index contributed by atoms with van der Waals surface area (Å²) in [5.74, 6) is 2.13. The Labute approximate surface area is 199 Å². The van der Waals surface area contributed by atoms with Crippen LogP contribution in [-0.4, -0.2) is 78.2 Å². The van der Waals surface area contributed by atoms with Gasteiger partial charge in [0.05, 0.1) is 19.2 Å². The second kappa shape index (κ2) is 9.87. The topological polar surface area (TPSA) is 78.5 Å². The number of aromatic nitrogens is 3. The van der Waals surface area contributed by atoms with Crippen LogP contribution in [0.5, 0.6) is 11.5 Å². The minimum atomic E-state index is 0.639. The number of methoxy groups -OCH3 is 1. The number of aromatic amines is 1. The van der Waals surface area contributed by atoms with Crippen molar-refractivity contribution in [2.24, 2.45) is 0 Å². The van der Waals surface area contributed by atoms with Crippen molar-refractivity contribution in [3.05, 3.63) is 48.4 Å². The summed E-state index contributed by atoms with van der Waals surface area (Å²) < 4.78 is 11.8. The summed E-state index contributed by atoms with van der Waals surface area (Å²) in [4.78, 5) is 17.2. The second-order valence-corrected chi connectivity index (χ2v) is 8.97. The lowest BCUT2D eigenvalue weighted by Crippen LogP contribution is -2.44. The molecule has 0 atom stereocenters. The van der Waals surface area contributed by atoms with E-state index in [1.165, 1.54) is 0 Å². The lowest BCUT2D eigenvalue weighted by molar-refractivity contribution is 0.145. The molecule has 0 bridgehead atoms. The minimum Gasteiger partial charge on any atom is -0.493 e. The SMILES string of the molecule is COc1cc2c(Nc3ccc4[nH]c(C)cc4c3)ncnc2cc1OCCCN1CCN(C)CC1. The first-order chi connectivity index (χ1) is 16.6. The fraction of sp³-hybridized carbons (Fsp3) is 0.385. The van der Waals surface area contributed by atoms with E-state index in [1.807, 2.05) is 18.2 Å². The number of aryl methyl sites for hydroxylation is 1. The van der Waals surface area contributed by atoms with Crippen LogP contribution in [0.4, 0.5) is 11.5 Å². The zero-order chi connectivity index (χ0) is 23.5. The fourth-order valence-electron chi connectivity index (χ4n) is 4.47. The summed E-state index contributed by atoms with van der Waals surface area (Å²) in [6.45, 7) is 8.26. The second-order valence-electron chi connectivity index (χ2n) is 8.97. The third-order valence-corrected chi connectivity index (χ3v) is 6.41. The highest BCUT2D eigenvalue weighted by molar-refractivity contribution is 5.94. The summed E-state index contributed by atoms with van der Waals surface area (Å²) in [5, 5.41) is 5.48. The van der Waals surface area contributed by atoms with Crippen LogP contribution in [0.1, 0.15) is 12.1 Å². The average molecular weight is 461 g/mol. The molecule has 3 heterocycles. The van der Waals surface area contributed by atoms with Gasteiger partial charge in [0, 0.05) is 66.5 Å². The molecule has 1 saturated heterocycles. The van der Waals surface area contributed by atoms with Gasteiger partial charge in [0.25, 0.3) is 0 Å². The maximum atomic E-state index is 6.11. The van der Waals surface area contributed by atoms with Crippen LogP contribution in [-0.2, 0) is 0 Å². The Hall–Kier alpha value is -3.36. The Balaban J connectivity index is 1.30. The van der Waals surface area contributed by atoms with Gasteiger partial charge in [-0.3, -0.25) is 0 Å². The molecule has 0 saturated carbocycles. The van der Waals surface area contributed by atoms with Crippen LogP contribution in [0.25, 0.3) is 21.8 Å². The summed E-state index contributed by atoms with van der Waals surface area (Å²) in [6, 6.07) is 12.3. The molecule has 2 N–H and O–H groups in total. The van der Waals surface area contributed by atoms with Gasteiger partial charge >= 0.3 is 0 Å². The highest BCUT2D eigenvalue weighted by Crippen LogP contribution is 2.35. The highest BCUT2D eigenvalue weighted by atomic mass is 16.5. The Bertz CT molecular complexity index is 1280. The molecule has 1 aliphatic heterocycles. The Morgan fingerprint density at radius 3 is 2.71 bits per heavy atom. The molecule has 8 heteroatoms. The summed E-state index contributed by atoms with van der Waals surface area (Å²) in [5.41, 5.74) is 4.03. The number of hydrogen-bond donors (Lipinski definition) is 2. The van der Waals surface area contributed by atoms with Gasteiger partial charge in [-0.2, -0.15) is 0 Å². The van der Waals surface area contributed by atoms with Crippen molar-refractivity contribution in [2.75, 3.05) is 58.8 Å². The zero-order valence-corrected chi connectivity index (χ0v) is 20.1. The first-order valence-electron chi connectivity index (χ1n) is 11.8. The van der Waals surface area contributed by atoms with E-state index < -0.39 is 0 Å². The Morgan fingerprint density at radius 2 is 1.88 bits per heavy atom. The number of ether oxygens (including phenoxy) is 2. The number of hydrogen-bond acceptors (Lipinski definition) is 7. The van der Waals surface area contributed by atoms with Crippen molar-refractivity contribution < 1.29 is 9.47 Å². The normalized spacial score (nSPS) is 15.1. The van der Waals surface area contributed by atoms with Crippen molar-refractivity contribution >= 4 is 33.3 Å². The van der Waals surface area contributed by atoms with E-state index in [1.54, 1.807) is 13.4 Å². The molecule has 178 valence electrons. The van der Waals surface area contributed by atoms with Gasteiger partial charge in [-0.25, -0.2) is 9.97 Å². The molecule has 34 heavy (non-hydrogen) atoms. The van der Waals surface area contributed by atoms with E-state index in [9.17, 15) is 0 Å². The molecule has 2 aromatic carbocycles. The lowest BCUT2D eigenvalue weighted by atomic mass is 10.2. The fourth-order valence-corrected chi connectivity index (χ4v) is 4.47. The Kier molecular flexibility index (Phi) is 6.51. The van der Waals surface area contributed by atoms with E-state index in [4.69, 9.17) is 9.47 Å². The third kappa shape index (κ3) is 4.93. The summed E-state index contributed by atoms with van der Waals surface area (Å²) in [6.07, 6.45) is 2.55.